The Morgan fingerprint density at radius 1 is 1.35 bits per heavy atom. The molecule has 1 atom stereocenters. The van der Waals surface area contributed by atoms with Gasteiger partial charge in [-0.2, -0.15) is 0 Å². The summed E-state index contributed by atoms with van der Waals surface area (Å²) >= 11 is 0. The molecule has 0 saturated carbocycles. The van der Waals surface area contributed by atoms with E-state index in [0.717, 1.165) is 5.56 Å². The second kappa shape index (κ2) is 7.25. The van der Waals surface area contributed by atoms with E-state index in [4.69, 9.17) is 5.73 Å². The summed E-state index contributed by atoms with van der Waals surface area (Å²) < 4.78 is 0. The molecule has 0 aliphatic carbocycles. The van der Waals surface area contributed by atoms with Gasteiger partial charge < -0.3 is 10.6 Å². The molecule has 0 aliphatic heterocycles. The van der Waals surface area contributed by atoms with Crippen LogP contribution in [0.25, 0.3) is 0 Å². The molecule has 2 N–H and O–H groups in total. The highest BCUT2D eigenvalue weighted by Crippen LogP contribution is 2.19. The number of nitrogens with two attached hydrogens (primary N) is 1. The maximum absolute atomic E-state index is 12.3. The van der Waals surface area contributed by atoms with E-state index in [1.54, 1.807) is 6.08 Å². The lowest BCUT2D eigenvalue weighted by atomic mass is 10.0. The van der Waals surface area contributed by atoms with Gasteiger partial charge in [-0.1, -0.05) is 36.4 Å². The van der Waals surface area contributed by atoms with Crippen molar-refractivity contribution in [2.75, 3.05) is 6.54 Å². The van der Waals surface area contributed by atoms with Gasteiger partial charge in [-0.25, -0.2) is 0 Å². The molecule has 0 spiro atoms. The third-order valence-electron chi connectivity index (χ3n) is 3.32. The predicted octanol–water partition coefficient (Wildman–Crippen LogP) is 3.28. The molecule has 3 heteroatoms. The van der Waals surface area contributed by atoms with Crippen molar-refractivity contribution >= 4 is 5.91 Å². The Balaban J connectivity index is 2.59. The lowest BCUT2D eigenvalue weighted by Crippen LogP contribution is -2.45. The second-order valence-corrected chi connectivity index (χ2v) is 6.02. The van der Waals surface area contributed by atoms with E-state index in [0.29, 0.717) is 19.4 Å². The van der Waals surface area contributed by atoms with E-state index in [1.807, 2.05) is 56.0 Å². The number of rotatable bonds is 6. The Hall–Kier alpha value is -1.61. The van der Waals surface area contributed by atoms with Crippen LogP contribution in [0, 0.1) is 0 Å². The van der Waals surface area contributed by atoms with Gasteiger partial charge in [-0.3, -0.25) is 4.79 Å². The van der Waals surface area contributed by atoms with Crippen LogP contribution in [0.1, 0.15) is 45.2 Å². The normalized spacial score (nSPS) is 12.8. The molecule has 0 aliphatic rings. The number of carbonyl (C=O) groups excluding carboxylic acids is 1. The number of benzene rings is 1. The smallest absolute Gasteiger partial charge is 0.223 e. The molecule has 0 aromatic heterocycles. The standard InChI is InChI=1S/C17H26N2O/c1-5-13-19(17(2,3)4)16(20)12-11-15(18)14-9-7-6-8-10-14/h5-10,15H,1,11-13,18H2,2-4H3. The fraction of sp³-hybridized carbons (Fsp3) is 0.471. The van der Waals surface area contributed by atoms with Crippen LogP contribution in [0.15, 0.2) is 43.0 Å². The number of carbonyl (C=O) groups is 1. The fourth-order valence-corrected chi connectivity index (χ4v) is 2.16. The first kappa shape index (κ1) is 16.4. The molecule has 0 saturated heterocycles. The molecule has 1 rings (SSSR count). The first-order valence-electron chi connectivity index (χ1n) is 7.08. The highest BCUT2D eigenvalue weighted by Gasteiger charge is 2.25. The number of amides is 1. The summed E-state index contributed by atoms with van der Waals surface area (Å²) in [6, 6.07) is 9.81. The van der Waals surface area contributed by atoms with Gasteiger partial charge in [0.2, 0.25) is 5.91 Å². The quantitative estimate of drug-likeness (QED) is 0.809. The molecule has 20 heavy (non-hydrogen) atoms. The largest absolute Gasteiger partial charge is 0.334 e. The number of hydrogen-bond acceptors (Lipinski definition) is 2. The average molecular weight is 274 g/mol. The fourth-order valence-electron chi connectivity index (χ4n) is 2.16. The Morgan fingerprint density at radius 3 is 2.45 bits per heavy atom. The van der Waals surface area contributed by atoms with Crippen molar-refractivity contribution in [1.82, 2.24) is 4.90 Å². The summed E-state index contributed by atoms with van der Waals surface area (Å²) in [4.78, 5) is 14.2. The number of hydrogen-bond donors (Lipinski definition) is 1. The summed E-state index contributed by atoms with van der Waals surface area (Å²) in [5, 5.41) is 0. The maximum atomic E-state index is 12.3. The van der Waals surface area contributed by atoms with Crippen LogP contribution in [-0.4, -0.2) is 22.9 Å². The van der Waals surface area contributed by atoms with E-state index in [-0.39, 0.29) is 17.5 Å². The number of nitrogens with zero attached hydrogens (tertiary/aromatic N) is 1. The minimum atomic E-state index is -0.192. The molecule has 1 unspecified atom stereocenters. The van der Waals surface area contributed by atoms with Crippen LogP contribution in [0.4, 0.5) is 0 Å². The molecular formula is C17H26N2O. The summed E-state index contributed by atoms with van der Waals surface area (Å²) in [5.74, 6) is 0.129. The Morgan fingerprint density at radius 2 is 1.95 bits per heavy atom. The Labute approximate surface area is 122 Å². The molecule has 0 fully saturated rings. The summed E-state index contributed by atoms with van der Waals surface area (Å²) in [6.45, 7) is 10.4. The van der Waals surface area contributed by atoms with Gasteiger partial charge >= 0.3 is 0 Å². The Kier molecular flexibility index (Phi) is 5.96. The average Bonchev–Trinajstić information content (AvgIpc) is 2.41. The third-order valence-corrected chi connectivity index (χ3v) is 3.32. The lowest BCUT2D eigenvalue weighted by molar-refractivity contribution is -0.135. The highest BCUT2D eigenvalue weighted by atomic mass is 16.2. The molecule has 1 amide bonds. The van der Waals surface area contributed by atoms with Crippen LogP contribution in [-0.2, 0) is 4.79 Å². The van der Waals surface area contributed by atoms with E-state index in [1.165, 1.54) is 0 Å². The van der Waals surface area contributed by atoms with Gasteiger partial charge in [0.15, 0.2) is 0 Å². The van der Waals surface area contributed by atoms with Gasteiger partial charge in [-0.15, -0.1) is 6.58 Å². The molecule has 110 valence electrons. The molecule has 3 nitrogen and oxygen atoms in total. The second-order valence-electron chi connectivity index (χ2n) is 6.02. The van der Waals surface area contributed by atoms with Gasteiger partial charge in [0.05, 0.1) is 0 Å². The zero-order chi connectivity index (χ0) is 15.2. The minimum absolute atomic E-state index is 0.0919. The van der Waals surface area contributed by atoms with Crippen molar-refractivity contribution in [3.05, 3.63) is 48.6 Å². The first-order valence-corrected chi connectivity index (χ1v) is 7.08. The zero-order valence-electron chi connectivity index (χ0n) is 12.8. The van der Waals surface area contributed by atoms with Crippen molar-refractivity contribution in [2.24, 2.45) is 5.73 Å². The third kappa shape index (κ3) is 4.82. The topological polar surface area (TPSA) is 46.3 Å². The van der Waals surface area contributed by atoms with E-state index >= 15 is 0 Å². The van der Waals surface area contributed by atoms with Gasteiger partial charge in [0.1, 0.15) is 0 Å². The van der Waals surface area contributed by atoms with Gasteiger partial charge in [-0.05, 0) is 32.8 Å². The summed E-state index contributed by atoms with van der Waals surface area (Å²) in [7, 11) is 0. The maximum Gasteiger partial charge on any atom is 0.223 e. The summed E-state index contributed by atoms with van der Waals surface area (Å²) in [6.07, 6.45) is 2.88. The molecular weight excluding hydrogens is 248 g/mol. The molecule has 1 aromatic carbocycles. The van der Waals surface area contributed by atoms with Gasteiger partial charge in [0, 0.05) is 24.5 Å². The van der Waals surface area contributed by atoms with Crippen molar-refractivity contribution in [1.29, 1.82) is 0 Å². The van der Waals surface area contributed by atoms with E-state index < -0.39 is 0 Å². The van der Waals surface area contributed by atoms with Gasteiger partial charge in [0.25, 0.3) is 0 Å². The first-order chi connectivity index (χ1) is 9.36. The van der Waals surface area contributed by atoms with Crippen molar-refractivity contribution in [3.8, 4) is 0 Å². The molecule has 0 heterocycles. The van der Waals surface area contributed by atoms with E-state index in [9.17, 15) is 4.79 Å². The van der Waals surface area contributed by atoms with E-state index in [2.05, 4.69) is 6.58 Å². The van der Waals surface area contributed by atoms with Crippen molar-refractivity contribution < 1.29 is 4.79 Å². The van der Waals surface area contributed by atoms with Crippen LogP contribution in [0.3, 0.4) is 0 Å². The zero-order valence-corrected chi connectivity index (χ0v) is 12.8. The SMILES string of the molecule is C=CCN(C(=O)CCC(N)c1ccccc1)C(C)(C)C. The molecule has 0 radical (unpaired) electrons. The van der Waals surface area contributed by atoms with Crippen LogP contribution in [0.2, 0.25) is 0 Å². The van der Waals surface area contributed by atoms with Crippen molar-refractivity contribution in [2.45, 2.75) is 45.2 Å². The summed E-state index contributed by atoms with van der Waals surface area (Å²) in [5.41, 5.74) is 7.02. The predicted molar refractivity (Wildman–Crippen MR) is 84.3 cm³/mol. The molecule has 0 bridgehead atoms. The van der Waals surface area contributed by atoms with Crippen LogP contribution < -0.4 is 5.73 Å². The van der Waals surface area contributed by atoms with Crippen molar-refractivity contribution in [3.63, 3.8) is 0 Å². The highest BCUT2D eigenvalue weighted by molar-refractivity contribution is 5.77. The lowest BCUT2D eigenvalue weighted by Gasteiger charge is -2.35. The monoisotopic (exact) mass is 274 g/mol. The van der Waals surface area contributed by atoms with Crippen LogP contribution in [0.5, 0.6) is 0 Å². The minimum Gasteiger partial charge on any atom is -0.334 e. The Bertz CT molecular complexity index is 434. The molecule has 1 aromatic rings. The van der Waals surface area contributed by atoms with Crippen LogP contribution >= 0.6 is 0 Å².